The van der Waals surface area contributed by atoms with E-state index < -0.39 is 5.54 Å². The number of phenolic OH excluding ortho intramolecular Hbond substituents is 1. The van der Waals surface area contributed by atoms with E-state index in [1.165, 1.54) is 0 Å². The van der Waals surface area contributed by atoms with E-state index in [9.17, 15) is 15.5 Å². The fraction of sp³-hybridized carbons (Fsp3) is 0.409. The predicted octanol–water partition coefficient (Wildman–Crippen LogP) is 3.79. The van der Waals surface area contributed by atoms with Crippen LogP contribution in [-0.2, 0) is 5.54 Å². The van der Waals surface area contributed by atoms with Crippen LogP contribution in [0.3, 0.4) is 0 Å². The van der Waals surface area contributed by atoms with Crippen molar-refractivity contribution in [2.24, 2.45) is 0 Å². The highest BCUT2D eigenvalue weighted by Gasteiger charge is 2.44. The Bertz CT molecular complexity index is 739. The van der Waals surface area contributed by atoms with E-state index >= 15 is 0 Å². The van der Waals surface area contributed by atoms with Gasteiger partial charge in [-0.3, -0.25) is 4.90 Å². The van der Waals surface area contributed by atoms with Crippen LogP contribution in [0.2, 0.25) is 0 Å². The Morgan fingerprint density at radius 1 is 1.04 bits per heavy atom. The number of nitrogens with zero attached hydrogens (tertiary/aromatic N) is 2. The van der Waals surface area contributed by atoms with Crippen molar-refractivity contribution in [2.75, 3.05) is 13.2 Å². The molecule has 4 nitrogen and oxygen atoms in total. The molecule has 4 heteroatoms. The minimum atomic E-state index is -0.893. The van der Waals surface area contributed by atoms with E-state index in [2.05, 4.69) is 11.0 Å². The molecule has 1 heterocycles. The highest BCUT2D eigenvalue weighted by atomic mass is 16.3. The van der Waals surface area contributed by atoms with E-state index in [0.29, 0.717) is 0 Å². The van der Waals surface area contributed by atoms with E-state index in [0.717, 1.165) is 49.8 Å². The topological polar surface area (TPSA) is 67.5 Å². The van der Waals surface area contributed by atoms with Crippen molar-refractivity contribution in [3.63, 3.8) is 0 Å². The Kier molecular flexibility index (Phi) is 5.92. The number of piperidine rings is 1. The highest BCUT2D eigenvalue weighted by molar-refractivity contribution is 5.46. The molecule has 2 atom stereocenters. The monoisotopic (exact) mass is 350 g/mol. The van der Waals surface area contributed by atoms with Gasteiger partial charge in [-0.25, -0.2) is 0 Å². The smallest absolute Gasteiger partial charge is 0.160 e. The van der Waals surface area contributed by atoms with Crippen LogP contribution in [0.4, 0.5) is 0 Å². The maximum atomic E-state index is 10.4. The minimum absolute atomic E-state index is 0.175. The Hall–Kier alpha value is -2.35. The standard InChI is InChI=1S/C22H26N2O2/c23-17-22(18-7-2-1-3-8-18,19-11-13-21(26)14-12-19)24-15-5-4-9-20(24)10-6-16-25/h1-3,7-8,11-14,20,25-26H,4-6,9-10,15-16H2. The third-order valence-electron chi connectivity index (χ3n) is 5.39. The first kappa shape index (κ1) is 18.4. The molecule has 26 heavy (non-hydrogen) atoms. The van der Waals surface area contributed by atoms with Crippen LogP contribution in [0.25, 0.3) is 0 Å². The Labute approximate surface area is 155 Å². The second-order valence-corrected chi connectivity index (χ2v) is 6.94. The molecule has 136 valence electrons. The summed E-state index contributed by atoms with van der Waals surface area (Å²) in [6.45, 7) is 1.02. The van der Waals surface area contributed by atoms with E-state index in [1.54, 1.807) is 12.1 Å². The third-order valence-corrected chi connectivity index (χ3v) is 5.39. The van der Waals surface area contributed by atoms with Gasteiger partial charge in [0, 0.05) is 19.2 Å². The molecule has 1 aliphatic heterocycles. The van der Waals surface area contributed by atoms with Gasteiger partial charge in [0.2, 0.25) is 0 Å². The molecule has 0 aromatic heterocycles. The molecule has 0 bridgehead atoms. The van der Waals surface area contributed by atoms with Crippen molar-refractivity contribution in [3.05, 3.63) is 65.7 Å². The lowest BCUT2D eigenvalue weighted by molar-refractivity contribution is 0.0640. The molecule has 2 N–H and O–H groups in total. The number of rotatable bonds is 6. The fourth-order valence-corrected chi connectivity index (χ4v) is 4.14. The number of aliphatic hydroxyl groups excluding tert-OH is 1. The first-order chi connectivity index (χ1) is 12.7. The largest absolute Gasteiger partial charge is 0.508 e. The van der Waals surface area contributed by atoms with Gasteiger partial charge in [-0.1, -0.05) is 48.9 Å². The molecule has 2 unspecified atom stereocenters. The Morgan fingerprint density at radius 3 is 2.38 bits per heavy atom. The first-order valence-corrected chi connectivity index (χ1v) is 9.36. The molecule has 0 amide bonds. The van der Waals surface area contributed by atoms with Crippen LogP contribution in [0.15, 0.2) is 54.6 Å². The number of aromatic hydroxyl groups is 1. The van der Waals surface area contributed by atoms with Gasteiger partial charge >= 0.3 is 0 Å². The van der Waals surface area contributed by atoms with Crippen LogP contribution in [-0.4, -0.2) is 34.3 Å². The summed E-state index contributed by atoms with van der Waals surface area (Å²) in [4.78, 5) is 2.31. The van der Waals surface area contributed by atoms with Crippen LogP contribution >= 0.6 is 0 Å². The summed E-state index contributed by atoms with van der Waals surface area (Å²) >= 11 is 0. The second kappa shape index (κ2) is 8.35. The summed E-state index contributed by atoms with van der Waals surface area (Å²) in [6, 6.07) is 19.8. The number of likely N-dealkylation sites (tertiary alicyclic amines) is 1. The van der Waals surface area contributed by atoms with Gasteiger partial charge in [0.1, 0.15) is 5.75 Å². The molecule has 0 aliphatic carbocycles. The first-order valence-electron chi connectivity index (χ1n) is 9.36. The molecule has 3 rings (SSSR count). The zero-order valence-corrected chi connectivity index (χ0v) is 15.0. The lowest BCUT2D eigenvalue weighted by Crippen LogP contribution is -2.53. The fourth-order valence-electron chi connectivity index (χ4n) is 4.14. The van der Waals surface area contributed by atoms with Gasteiger partial charge in [0.05, 0.1) is 6.07 Å². The number of hydrogen-bond donors (Lipinski definition) is 2. The summed E-state index contributed by atoms with van der Waals surface area (Å²) in [7, 11) is 0. The van der Waals surface area contributed by atoms with Gasteiger partial charge in [0.15, 0.2) is 5.54 Å². The van der Waals surface area contributed by atoms with E-state index in [4.69, 9.17) is 0 Å². The SMILES string of the molecule is N#CC(c1ccccc1)(c1ccc(O)cc1)N1CCCCC1CCCO. The molecule has 1 fully saturated rings. The summed E-state index contributed by atoms with van der Waals surface area (Å²) < 4.78 is 0. The summed E-state index contributed by atoms with van der Waals surface area (Å²) in [5, 5.41) is 29.5. The maximum absolute atomic E-state index is 10.4. The zero-order valence-electron chi connectivity index (χ0n) is 15.0. The lowest BCUT2D eigenvalue weighted by atomic mass is 9.79. The predicted molar refractivity (Wildman–Crippen MR) is 102 cm³/mol. The summed E-state index contributed by atoms with van der Waals surface area (Å²) in [6.07, 6.45) is 4.87. The lowest BCUT2D eigenvalue weighted by Gasteiger charge is -2.47. The molecular weight excluding hydrogens is 324 g/mol. The average molecular weight is 350 g/mol. The number of hydrogen-bond acceptors (Lipinski definition) is 4. The molecule has 0 radical (unpaired) electrons. The Balaban J connectivity index is 2.13. The number of phenols is 1. The van der Waals surface area contributed by atoms with Crippen molar-refractivity contribution in [1.29, 1.82) is 5.26 Å². The van der Waals surface area contributed by atoms with Crippen molar-refractivity contribution >= 4 is 0 Å². The van der Waals surface area contributed by atoms with Crippen LogP contribution in [0.5, 0.6) is 5.75 Å². The molecule has 2 aromatic rings. The van der Waals surface area contributed by atoms with Gasteiger partial charge in [-0.05, 0) is 48.9 Å². The van der Waals surface area contributed by atoms with Crippen molar-refractivity contribution < 1.29 is 10.2 Å². The highest BCUT2D eigenvalue weighted by Crippen LogP contribution is 2.41. The molecule has 1 aliphatic rings. The van der Waals surface area contributed by atoms with Crippen LogP contribution in [0, 0.1) is 11.3 Å². The molecule has 1 saturated heterocycles. The van der Waals surface area contributed by atoms with Gasteiger partial charge in [0.25, 0.3) is 0 Å². The van der Waals surface area contributed by atoms with Crippen molar-refractivity contribution in [3.8, 4) is 11.8 Å². The Morgan fingerprint density at radius 2 is 1.73 bits per heavy atom. The zero-order chi connectivity index (χ0) is 18.4. The maximum Gasteiger partial charge on any atom is 0.160 e. The number of aliphatic hydroxyl groups is 1. The van der Waals surface area contributed by atoms with Gasteiger partial charge in [-0.15, -0.1) is 0 Å². The molecule has 2 aromatic carbocycles. The summed E-state index contributed by atoms with van der Waals surface area (Å²) in [5.74, 6) is 0.198. The van der Waals surface area contributed by atoms with Gasteiger partial charge < -0.3 is 10.2 Å². The molecule has 0 saturated carbocycles. The van der Waals surface area contributed by atoms with Crippen LogP contribution in [0.1, 0.15) is 43.2 Å². The van der Waals surface area contributed by atoms with Crippen molar-refractivity contribution in [2.45, 2.75) is 43.7 Å². The number of benzene rings is 2. The quantitative estimate of drug-likeness (QED) is 0.832. The van der Waals surface area contributed by atoms with Gasteiger partial charge in [-0.2, -0.15) is 5.26 Å². The van der Waals surface area contributed by atoms with Crippen LogP contribution < -0.4 is 0 Å². The molecular formula is C22H26N2O2. The van der Waals surface area contributed by atoms with Crippen molar-refractivity contribution in [1.82, 2.24) is 4.90 Å². The second-order valence-electron chi connectivity index (χ2n) is 6.94. The minimum Gasteiger partial charge on any atom is -0.508 e. The summed E-state index contributed by atoms with van der Waals surface area (Å²) in [5.41, 5.74) is 0.930. The van der Waals surface area contributed by atoms with E-state index in [1.807, 2.05) is 42.5 Å². The average Bonchev–Trinajstić information content (AvgIpc) is 2.70. The van der Waals surface area contributed by atoms with E-state index in [-0.39, 0.29) is 18.4 Å². The normalized spacial score (nSPS) is 20.2. The number of nitriles is 1. The third kappa shape index (κ3) is 3.46. The molecule has 0 spiro atoms.